The summed E-state index contributed by atoms with van der Waals surface area (Å²) < 4.78 is 19.3. The Hall–Kier alpha value is -1.85. The zero-order chi connectivity index (χ0) is 15.1. The molecule has 0 saturated carbocycles. The summed E-state index contributed by atoms with van der Waals surface area (Å²) in [6, 6.07) is 8.20. The van der Waals surface area contributed by atoms with Crippen LogP contribution >= 0.6 is 11.6 Å². The lowest BCUT2D eigenvalue weighted by Crippen LogP contribution is -2.20. The van der Waals surface area contributed by atoms with Crippen LogP contribution in [0.25, 0.3) is 0 Å². The second-order valence-electron chi connectivity index (χ2n) is 4.48. The normalized spacial score (nSPS) is 12.0. The van der Waals surface area contributed by atoms with Gasteiger partial charge < -0.3 is 15.2 Å². The molecule has 0 bridgehead atoms. The average Bonchev–Trinajstić information content (AvgIpc) is 2.52. The number of nitrogens with zero attached hydrogens (tertiary/aromatic N) is 1. The Morgan fingerprint density at radius 1 is 1.38 bits per heavy atom. The maximum Gasteiger partial charge on any atom is 0.167 e. The first kappa shape index (κ1) is 15.5. The van der Waals surface area contributed by atoms with Crippen LogP contribution in [0.2, 0.25) is 0 Å². The van der Waals surface area contributed by atoms with Crippen LogP contribution in [0.1, 0.15) is 5.56 Å². The van der Waals surface area contributed by atoms with Crippen molar-refractivity contribution in [1.29, 1.82) is 0 Å². The molecule has 0 saturated heterocycles. The van der Waals surface area contributed by atoms with Gasteiger partial charge in [0.15, 0.2) is 11.6 Å². The van der Waals surface area contributed by atoms with Crippen molar-refractivity contribution in [2.75, 3.05) is 17.7 Å². The number of hydrogen-bond donors (Lipinski definition) is 2. The smallest absolute Gasteiger partial charge is 0.167 e. The molecule has 1 atom stereocenters. The molecule has 1 aromatic heterocycles. The van der Waals surface area contributed by atoms with Crippen molar-refractivity contribution in [1.82, 2.24) is 4.98 Å². The van der Waals surface area contributed by atoms with Gasteiger partial charge >= 0.3 is 0 Å². The number of alkyl halides is 1. The molecule has 2 N–H and O–H groups in total. The van der Waals surface area contributed by atoms with Crippen molar-refractivity contribution in [3.63, 3.8) is 0 Å². The second-order valence-corrected chi connectivity index (χ2v) is 4.79. The third-order valence-electron chi connectivity index (χ3n) is 2.77. The Balaban J connectivity index is 1.93. The van der Waals surface area contributed by atoms with E-state index in [1.54, 1.807) is 30.6 Å². The van der Waals surface area contributed by atoms with Gasteiger partial charge in [-0.15, -0.1) is 11.6 Å². The summed E-state index contributed by atoms with van der Waals surface area (Å²) in [6.07, 6.45) is 2.66. The Morgan fingerprint density at radius 3 is 2.90 bits per heavy atom. The molecule has 2 rings (SSSR count). The van der Waals surface area contributed by atoms with Gasteiger partial charge in [0.1, 0.15) is 6.61 Å². The van der Waals surface area contributed by atoms with E-state index in [-0.39, 0.29) is 24.8 Å². The highest BCUT2D eigenvalue weighted by Crippen LogP contribution is 2.22. The van der Waals surface area contributed by atoms with E-state index in [0.717, 1.165) is 5.56 Å². The summed E-state index contributed by atoms with van der Waals surface area (Å²) in [5, 5.41) is 12.2. The fraction of sp³-hybridized carbons (Fsp3) is 0.267. The van der Waals surface area contributed by atoms with Crippen LogP contribution in [0.15, 0.2) is 42.7 Å². The number of hydrogen-bond acceptors (Lipinski definition) is 4. The first-order chi connectivity index (χ1) is 10.2. The van der Waals surface area contributed by atoms with Crippen LogP contribution in [0.3, 0.4) is 0 Å². The molecule has 1 aromatic carbocycles. The van der Waals surface area contributed by atoms with E-state index in [1.165, 1.54) is 6.07 Å². The summed E-state index contributed by atoms with van der Waals surface area (Å²) >= 11 is 5.49. The number of aliphatic hydroxyl groups excluding tert-OH is 1. The van der Waals surface area contributed by atoms with Crippen molar-refractivity contribution < 1.29 is 14.2 Å². The number of halogens is 2. The lowest BCUT2D eigenvalue weighted by atomic mass is 10.2. The molecule has 0 aliphatic heterocycles. The number of aliphatic hydroxyl groups is 1. The first-order valence-electron chi connectivity index (χ1n) is 6.48. The summed E-state index contributed by atoms with van der Waals surface area (Å²) in [5.41, 5.74) is 1.43. The SMILES string of the molecule is OC(CCl)CNc1ccc(OCc2cccnc2)c(F)c1. The van der Waals surface area contributed by atoms with Crippen LogP contribution in [0, 0.1) is 5.82 Å². The fourth-order valence-corrected chi connectivity index (χ4v) is 1.77. The lowest BCUT2D eigenvalue weighted by Gasteiger charge is -2.12. The predicted molar refractivity (Wildman–Crippen MR) is 80.2 cm³/mol. The number of aromatic nitrogens is 1. The second kappa shape index (κ2) is 7.81. The number of anilines is 1. The maximum atomic E-state index is 13.9. The Morgan fingerprint density at radius 2 is 2.24 bits per heavy atom. The predicted octanol–water partition coefficient (Wildman–Crippen LogP) is 2.81. The maximum absolute atomic E-state index is 13.9. The summed E-state index contributed by atoms with van der Waals surface area (Å²) in [7, 11) is 0. The van der Waals surface area contributed by atoms with Gasteiger partial charge in [0, 0.05) is 36.3 Å². The molecule has 21 heavy (non-hydrogen) atoms. The molecule has 0 fully saturated rings. The Kier molecular flexibility index (Phi) is 5.78. The van der Waals surface area contributed by atoms with Gasteiger partial charge in [0.25, 0.3) is 0 Å². The zero-order valence-electron chi connectivity index (χ0n) is 11.3. The van der Waals surface area contributed by atoms with Crippen molar-refractivity contribution in [3.05, 3.63) is 54.1 Å². The van der Waals surface area contributed by atoms with Crippen LogP contribution in [-0.2, 0) is 6.61 Å². The van der Waals surface area contributed by atoms with E-state index in [9.17, 15) is 9.50 Å². The summed E-state index contributed by atoms with van der Waals surface area (Å²) in [4.78, 5) is 3.96. The van der Waals surface area contributed by atoms with Gasteiger partial charge in [0.2, 0.25) is 0 Å². The zero-order valence-corrected chi connectivity index (χ0v) is 12.1. The van der Waals surface area contributed by atoms with Crippen molar-refractivity contribution in [2.45, 2.75) is 12.7 Å². The molecular weight excluding hydrogens is 295 g/mol. The minimum Gasteiger partial charge on any atom is -0.486 e. The fourth-order valence-electron chi connectivity index (χ4n) is 1.66. The van der Waals surface area contributed by atoms with E-state index in [0.29, 0.717) is 5.69 Å². The molecule has 0 aliphatic carbocycles. The van der Waals surface area contributed by atoms with Crippen molar-refractivity contribution in [2.24, 2.45) is 0 Å². The molecule has 4 nitrogen and oxygen atoms in total. The Bertz CT molecular complexity index is 569. The quantitative estimate of drug-likeness (QED) is 0.772. The topological polar surface area (TPSA) is 54.4 Å². The van der Waals surface area contributed by atoms with E-state index < -0.39 is 11.9 Å². The molecule has 0 spiro atoms. The highest BCUT2D eigenvalue weighted by molar-refractivity contribution is 6.18. The summed E-state index contributed by atoms with van der Waals surface area (Å²) in [6.45, 7) is 0.515. The molecule has 0 radical (unpaired) electrons. The van der Waals surface area contributed by atoms with Crippen LogP contribution in [0.5, 0.6) is 5.75 Å². The lowest BCUT2D eigenvalue weighted by molar-refractivity contribution is 0.211. The molecule has 0 amide bonds. The van der Waals surface area contributed by atoms with E-state index >= 15 is 0 Å². The highest BCUT2D eigenvalue weighted by atomic mass is 35.5. The van der Waals surface area contributed by atoms with Gasteiger partial charge in [-0.2, -0.15) is 0 Å². The van der Waals surface area contributed by atoms with Crippen LogP contribution in [-0.4, -0.2) is 28.6 Å². The molecule has 1 unspecified atom stereocenters. The van der Waals surface area contributed by atoms with Crippen molar-refractivity contribution >= 4 is 17.3 Å². The molecule has 2 aromatic rings. The van der Waals surface area contributed by atoms with Crippen LogP contribution < -0.4 is 10.1 Å². The average molecular weight is 311 g/mol. The van der Waals surface area contributed by atoms with E-state index in [2.05, 4.69) is 10.3 Å². The van der Waals surface area contributed by atoms with Gasteiger partial charge in [0.05, 0.1) is 12.0 Å². The van der Waals surface area contributed by atoms with Crippen LogP contribution in [0.4, 0.5) is 10.1 Å². The monoisotopic (exact) mass is 310 g/mol. The van der Waals surface area contributed by atoms with Gasteiger partial charge in [-0.25, -0.2) is 4.39 Å². The van der Waals surface area contributed by atoms with Gasteiger partial charge in [-0.05, 0) is 18.2 Å². The minimum absolute atomic E-state index is 0.127. The molecule has 0 aliphatic rings. The molecular formula is C15H16ClFN2O2. The molecule has 6 heteroatoms. The number of nitrogens with one attached hydrogen (secondary N) is 1. The number of ether oxygens (including phenoxy) is 1. The minimum atomic E-state index is -0.670. The number of pyridine rings is 1. The summed E-state index contributed by atoms with van der Waals surface area (Å²) in [5.74, 6) is -0.173. The van der Waals surface area contributed by atoms with Crippen molar-refractivity contribution in [3.8, 4) is 5.75 Å². The largest absolute Gasteiger partial charge is 0.486 e. The van der Waals surface area contributed by atoms with E-state index in [4.69, 9.17) is 16.3 Å². The number of benzene rings is 1. The number of rotatable bonds is 7. The van der Waals surface area contributed by atoms with Gasteiger partial charge in [-0.1, -0.05) is 6.07 Å². The Labute approximate surface area is 127 Å². The third kappa shape index (κ3) is 4.88. The molecule has 1 heterocycles. The first-order valence-corrected chi connectivity index (χ1v) is 7.01. The standard InChI is InChI=1S/C15H16ClFN2O2/c16-7-13(20)9-19-12-3-4-15(14(17)6-12)21-10-11-2-1-5-18-8-11/h1-6,8,13,19-20H,7,9-10H2. The van der Waals surface area contributed by atoms with E-state index in [1.807, 2.05) is 6.07 Å². The van der Waals surface area contributed by atoms with Gasteiger partial charge in [-0.3, -0.25) is 4.98 Å². The molecule has 112 valence electrons. The third-order valence-corrected chi connectivity index (χ3v) is 3.13. The highest BCUT2D eigenvalue weighted by Gasteiger charge is 2.07.